The predicted octanol–water partition coefficient (Wildman–Crippen LogP) is 7.13. The Bertz CT molecular complexity index is 1200. The Morgan fingerprint density at radius 3 is 1.96 bits per heavy atom. The van der Waals surface area contributed by atoms with Crippen molar-refractivity contribution in [1.29, 1.82) is 0 Å². The summed E-state index contributed by atoms with van der Waals surface area (Å²) in [5.74, 6) is 0. The number of pyridine rings is 1. The van der Waals surface area contributed by atoms with Crippen molar-refractivity contribution in [3.05, 3.63) is 119 Å². The van der Waals surface area contributed by atoms with Crippen molar-refractivity contribution >= 4 is 40.9 Å². The summed E-state index contributed by atoms with van der Waals surface area (Å²) >= 11 is 0. The molecule has 0 aliphatic heterocycles. The first kappa shape index (κ1) is 17.5. The maximum Gasteiger partial charge on any atom is 0.189 e. The van der Waals surface area contributed by atoms with Gasteiger partial charge in [-0.05, 0) is 34.9 Å². The first-order chi connectivity index (χ1) is 13.8. The van der Waals surface area contributed by atoms with E-state index in [9.17, 15) is 0 Å². The third-order valence-electron chi connectivity index (χ3n) is 4.48. The first-order valence-electron chi connectivity index (χ1n) is 9.10. The molecule has 3 aromatic carbocycles. The molecule has 4 rings (SSSR count). The highest BCUT2D eigenvalue weighted by Crippen LogP contribution is 2.26. The third-order valence-corrected chi connectivity index (χ3v) is 4.48. The molecule has 0 aliphatic rings. The monoisotopic (exact) mass is 358 g/mol. The van der Waals surface area contributed by atoms with Gasteiger partial charge < -0.3 is 0 Å². The second kappa shape index (κ2) is 8.16. The Labute approximate surface area is 164 Å². The van der Waals surface area contributed by atoms with Crippen LogP contribution < -0.4 is 0 Å². The summed E-state index contributed by atoms with van der Waals surface area (Å²) in [5, 5.41) is 1.04. The predicted molar refractivity (Wildman–Crippen MR) is 119 cm³/mol. The van der Waals surface area contributed by atoms with Crippen molar-refractivity contribution in [1.82, 2.24) is 4.98 Å². The lowest BCUT2D eigenvalue weighted by molar-refractivity contribution is 1.37. The fourth-order valence-electron chi connectivity index (χ4n) is 3.05. The van der Waals surface area contributed by atoms with E-state index in [4.69, 9.17) is 11.6 Å². The van der Waals surface area contributed by atoms with Gasteiger partial charge in [0.2, 0.25) is 0 Å². The normalized spacial score (nSPS) is 11.2. The van der Waals surface area contributed by atoms with Crippen LogP contribution in [-0.2, 0) is 0 Å². The molecule has 0 saturated heterocycles. The fraction of sp³-hybridized carbons (Fsp3) is 0. The average Bonchev–Trinajstić information content (AvgIpc) is 2.77. The van der Waals surface area contributed by atoms with Crippen LogP contribution in [0.4, 0.5) is 5.69 Å². The second-order valence-electron chi connectivity index (χ2n) is 6.44. The summed E-state index contributed by atoms with van der Waals surface area (Å²) in [6.07, 6.45) is 8.27. The molecule has 0 N–H and O–H groups in total. The quantitative estimate of drug-likeness (QED) is 0.355. The largest absolute Gasteiger partial charge is 0.250 e. The van der Waals surface area contributed by atoms with E-state index in [2.05, 4.69) is 53.4 Å². The summed E-state index contributed by atoms with van der Waals surface area (Å²) < 4.78 is 0. The molecule has 0 bridgehead atoms. The number of rotatable bonds is 4. The van der Waals surface area contributed by atoms with Crippen molar-refractivity contribution < 1.29 is 0 Å². The zero-order valence-electron chi connectivity index (χ0n) is 15.3. The van der Waals surface area contributed by atoms with Crippen molar-refractivity contribution in [2.45, 2.75) is 0 Å². The van der Waals surface area contributed by atoms with E-state index < -0.39 is 0 Å². The number of fused-ring (bicyclic) bond motifs is 1. The minimum atomic E-state index is 0.599. The Kier molecular flexibility index (Phi) is 5.09. The lowest BCUT2D eigenvalue weighted by Crippen LogP contribution is -1.88. The van der Waals surface area contributed by atoms with Gasteiger partial charge in [-0.25, -0.2) is 9.83 Å². The number of hydrogen-bond acceptors (Lipinski definition) is 1. The van der Waals surface area contributed by atoms with Crippen LogP contribution in [0.5, 0.6) is 0 Å². The maximum absolute atomic E-state index is 7.28. The molecule has 4 aromatic rings. The smallest absolute Gasteiger partial charge is 0.189 e. The number of nitrogens with zero attached hydrogens (tertiary/aromatic N) is 2. The van der Waals surface area contributed by atoms with E-state index in [0.717, 1.165) is 33.3 Å². The van der Waals surface area contributed by atoms with Gasteiger partial charge in [0, 0.05) is 5.39 Å². The van der Waals surface area contributed by atoms with Crippen LogP contribution in [0.3, 0.4) is 0 Å². The van der Waals surface area contributed by atoms with Crippen LogP contribution >= 0.6 is 0 Å². The summed E-state index contributed by atoms with van der Waals surface area (Å²) in [4.78, 5) is 8.29. The van der Waals surface area contributed by atoms with Crippen molar-refractivity contribution in [2.75, 3.05) is 0 Å². The van der Waals surface area contributed by atoms with Crippen LogP contribution in [0, 0.1) is 6.57 Å². The molecule has 1 aromatic heterocycles. The Balaban J connectivity index is 1.79. The molecule has 0 saturated carbocycles. The highest BCUT2D eigenvalue weighted by molar-refractivity contribution is 5.93. The van der Waals surface area contributed by atoms with Gasteiger partial charge in [0.1, 0.15) is 0 Å². The van der Waals surface area contributed by atoms with Crippen LogP contribution in [0.25, 0.3) is 40.1 Å². The van der Waals surface area contributed by atoms with Gasteiger partial charge in [0.15, 0.2) is 5.69 Å². The minimum absolute atomic E-state index is 0.599. The minimum Gasteiger partial charge on any atom is -0.250 e. The van der Waals surface area contributed by atoms with Gasteiger partial charge in [-0.15, -0.1) is 0 Å². The van der Waals surface area contributed by atoms with E-state index >= 15 is 0 Å². The van der Waals surface area contributed by atoms with Crippen molar-refractivity contribution in [2.24, 2.45) is 0 Å². The summed E-state index contributed by atoms with van der Waals surface area (Å²) in [6.45, 7) is 7.28. The molecule has 2 nitrogen and oxygen atoms in total. The molecule has 2 heteroatoms. The van der Waals surface area contributed by atoms with E-state index in [1.165, 1.54) is 0 Å². The number of benzene rings is 3. The highest BCUT2D eigenvalue weighted by Gasteiger charge is 2.04. The standard InChI is InChI=1S/C26H18N2/c1-27-23-16-17-25-22(14-12-20-8-4-2-5-9-20)18-24(28-26(25)19-23)15-13-21-10-6-3-7-11-21/h2-19H/b14-12+,15-13+. The maximum atomic E-state index is 7.28. The SMILES string of the molecule is [C-]#[N+]c1ccc2c(/C=C/c3ccccc3)cc(/C=C/c3ccccc3)nc2c1. The van der Waals surface area contributed by atoms with Crippen LogP contribution in [-0.4, -0.2) is 4.98 Å². The molecule has 0 spiro atoms. The second-order valence-corrected chi connectivity index (χ2v) is 6.44. The molecule has 0 aliphatic carbocycles. The van der Waals surface area contributed by atoms with Crippen LogP contribution in [0.2, 0.25) is 0 Å². The van der Waals surface area contributed by atoms with Gasteiger partial charge in [0.05, 0.1) is 17.8 Å². The zero-order chi connectivity index (χ0) is 19.2. The highest BCUT2D eigenvalue weighted by atomic mass is 14.7. The molecule has 1 heterocycles. The molecular formula is C26H18N2. The van der Waals surface area contributed by atoms with Gasteiger partial charge in [-0.1, -0.05) is 91.0 Å². The van der Waals surface area contributed by atoms with E-state index in [-0.39, 0.29) is 0 Å². The fourth-order valence-corrected chi connectivity index (χ4v) is 3.05. The first-order valence-corrected chi connectivity index (χ1v) is 9.10. The third kappa shape index (κ3) is 4.06. The Hall–Kier alpha value is -3.96. The molecule has 132 valence electrons. The zero-order valence-corrected chi connectivity index (χ0v) is 15.3. The van der Waals surface area contributed by atoms with Gasteiger partial charge in [-0.3, -0.25) is 0 Å². The number of aromatic nitrogens is 1. The Morgan fingerprint density at radius 1 is 0.679 bits per heavy atom. The molecular weight excluding hydrogens is 340 g/mol. The van der Waals surface area contributed by atoms with Crippen LogP contribution in [0.15, 0.2) is 84.9 Å². The van der Waals surface area contributed by atoms with E-state index in [1.54, 1.807) is 0 Å². The molecule has 0 atom stereocenters. The molecule has 0 unspecified atom stereocenters. The van der Waals surface area contributed by atoms with Crippen LogP contribution in [0.1, 0.15) is 22.4 Å². The van der Waals surface area contributed by atoms with Gasteiger partial charge >= 0.3 is 0 Å². The van der Waals surface area contributed by atoms with Crippen molar-refractivity contribution in [3.63, 3.8) is 0 Å². The Morgan fingerprint density at radius 2 is 1.32 bits per heavy atom. The summed E-state index contributed by atoms with van der Waals surface area (Å²) in [5.41, 5.74) is 5.65. The molecule has 0 amide bonds. The average molecular weight is 358 g/mol. The summed E-state index contributed by atoms with van der Waals surface area (Å²) in [6, 6.07) is 28.1. The lowest BCUT2D eigenvalue weighted by Gasteiger charge is -2.06. The molecule has 0 radical (unpaired) electrons. The number of hydrogen-bond donors (Lipinski definition) is 0. The van der Waals surface area contributed by atoms with E-state index in [1.807, 2.05) is 60.7 Å². The summed E-state index contributed by atoms with van der Waals surface area (Å²) in [7, 11) is 0. The topological polar surface area (TPSA) is 17.2 Å². The van der Waals surface area contributed by atoms with Gasteiger partial charge in [-0.2, -0.15) is 0 Å². The van der Waals surface area contributed by atoms with E-state index in [0.29, 0.717) is 5.69 Å². The molecule has 0 fully saturated rings. The lowest BCUT2D eigenvalue weighted by atomic mass is 10.0. The van der Waals surface area contributed by atoms with Crippen molar-refractivity contribution in [3.8, 4) is 0 Å². The van der Waals surface area contributed by atoms with Gasteiger partial charge in [0.25, 0.3) is 0 Å². The molecule has 28 heavy (non-hydrogen) atoms.